The van der Waals surface area contributed by atoms with Crippen molar-refractivity contribution in [3.63, 3.8) is 0 Å². The number of benzene rings is 2. The second-order valence-electron chi connectivity index (χ2n) is 8.75. The van der Waals surface area contributed by atoms with Gasteiger partial charge in [0.2, 0.25) is 0 Å². The van der Waals surface area contributed by atoms with Gasteiger partial charge in [0.1, 0.15) is 0 Å². The van der Waals surface area contributed by atoms with Crippen LogP contribution in [0, 0.1) is 6.92 Å². The third kappa shape index (κ3) is 6.04. The second-order valence-corrected chi connectivity index (χ2v) is 9.73. The van der Waals surface area contributed by atoms with Gasteiger partial charge >= 0.3 is 11.8 Å². The molecule has 34 heavy (non-hydrogen) atoms. The van der Waals surface area contributed by atoms with Gasteiger partial charge in [-0.1, -0.05) is 54.1 Å². The van der Waals surface area contributed by atoms with E-state index in [-0.39, 0.29) is 12.1 Å². The van der Waals surface area contributed by atoms with Gasteiger partial charge in [0.15, 0.2) is 0 Å². The Balaban J connectivity index is 1.36. The van der Waals surface area contributed by atoms with E-state index in [9.17, 15) is 9.59 Å². The first-order valence-corrected chi connectivity index (χ1v) is 12.6. The Morgan fingerprint density at radius 2 is 1.62 bits per heavy atom. The fourth-order valence-electron chi connectivity index (χ4n) is 4.42. The van der Waals surface area contributed by atoms with Crippen LogP contribution in [0.4, 0.5) is 5.69 Å². The van der Waals surface area contributed by atoms with E-state index < -0.39 is 11.8 Å². The molecule has 4 rings (SSSR count). The molecule has 0 unspecified atom stereocenters. The monoisotopic (exact) mass is 476 g/mol. The summed E-state index contributed by atoms with van der Waals surface area (Å²) in [7, 11) is 0. The van der Waals surface area contributed by atoms with Gasteiger partial charge in [0.25, 0.3) is 0 Å². The molecule has 2 heterocycles. The van der Waals surface area contributed by atoms with Crippen LogP contribution in [0.25, 0.3) is 0 Å². The van der Waals surface area contributed by atoms with Crippen LogP contribution >= 0.6 is 11.3 Å². The van der Waals surface area contributed by atoms with Crippen molar-refractivity contribution in [1.29, 1.82) is 0 Å². The van der Waals surface area contributed by atoms with Crippen molar-refractivity contribution in [2.75, 3.05) is 31.1 Å². The molecular formula is C27H32N4O2S. The number of hydrogen-bond donors (Lipinski definition) is 2. The molecule has 1 aromatic heterocycles. The lowest BCUT2D eigenvalue weighted by Crippen LogP contribution is -2.53. The van der Waals surface area contributed by atoms with Crippen molar-refractivity contribution >= 4 is 28.8 Å². The minimum atomic E-state index is -0.605. The summed E-state index contributed by atoms with van der Waals surface area (Å²) in [5, 5.41) is 7.75. The zero-order chi connectivity index (χ0) is 23.9. The predicted octanol–water partition coefficient (Wildman–Crippen LogP) is 3.74. The molecule has 2 aromatic carbocycles. The first kappa shape index (κ1) is 24.0. The first-order valence-electron chi connectivity index (χ1n) is 11.7. The van der Waals surface area contributed by atoms with Crippen LogP contribution in [-0.2, 0) is 16.1 Å². The van der Waals surface area contributed by atoms with E-state index >= 15 is 0 Å². The quantitative estimate of drug-likeness (QED) is 0.510. The van der Waals surface area contributed by atoms with Gasteiger partial charge in [-0.05, 0) is 43.0 Å². The SMILES string of the molecule is Cc1ccc(CNC(=O)C(=O)N[C@@H](C)[C@H](c2cccs2)N2CCN(c3ccccc3)CC2)cc1. The van der Waals surface area contributed by atoms with E-state index in [1.807, 2.05) is 50.2 Å². The van der Waals surface area contributed by atoms with Crippen molar-refractivity contribution in [1.82, 2.24) is 15.5 Å². The van der Waals surface area contributed by atoms with Gasteiger partial charge in [-0.2, -0.15) is 0 Å². The number of carbonyl (C=O) groups excluding carboxylic acids is 2. The summed E-state index contributed by atoms with van der Waals surface area (Å²) in [6.07, 6.45) is 0. The minimum absolute atomic E-state index is 0.0202. The molecule has 6 nitrogen and oxygen atoms in total. The molecule has 0 radical (unpaired) electrons. The van der Waals surface area contributed by atoms with Gasteiger partial charge in [-0.25, -0.2) is 0 Å². The summed E-state index contributed by atoms with van der Waals surface area (Å²) in [4.78, 5) is 31.1. The average Bonchev–Trinajstić information content (AvgIpc) is 3.39. The molecule has 1 aliphatic rings. The van der Waals surface area contributed by atoms with Gasteiger partial charge in [0, 0.05) is 49.3 Å². The van der Waals surface area contributed by atoms with Crippen LogP contribution in [0.2, 0.25) is 0 Å². The fraction of sp³-hybridized carbons (Fsp3) is 0.333. The number of aryl methyl sites for hydroxylation is 1. The highest BCUT2D eigenvalue weighted by atomic mass is 32.1. The summed E-state index contributed by atoms with van der Waals surface area (Å²) >= 11 is 1.69. The van der Waals surface area contributed by atoms with E-state index in [4.69, 9.17) is 0 Å². The van der Waals surface area contributed by atoms with Crippen LogP contribution in [-0.4, -0.2) is 48.9 Å². The fourth-order valence-corrected chi connectivity index (χ4v) is 5.38. The summed E-state index contributed by atoms with van der Waals surface area (Å²) < 4.78 is 0. The Labute approximate surface area is 205 Å². The maximum Gasteiger partial charge on any atom is 0.309 e. The van der Waals surface area contributed by atoms with Crippen molar-refractivity contribution in [3.8, 4) is 0 Å². The molecule has 0 aliphatic carbocycles. The summed E-state index contributed by atoms with van der Waals surface area (Å²) in [6, 6.07) is 22.3. The minimum Gasteiger partial charge on any atom is -0.369 e. The van der Waals surface area contributed by atoms with E-state index in [1.165, 1.54) is 10.6 Å². The molecule has 1 aliphatic heterocycles. The Morgan fingerprint density at radius 1 is 0.912 bits per heavy atom. The molecule has 1 fully saturated rings. The van der Waals surface area contributed by atoms with E-state index in [0.29, 0.717) is 6.54 Å². The highest BCUT2D eigenvalue weighted by Gasteiger charge is 2.31. The molecule has 0 spiro atoms. The lowest BCUT2D eigenvalue weighted by molar-refractivity contribution is -0.140. The number of nitrogens with zero attached hydrogens (tertiary/aromatic N) is 2. The third-order valence-corrected chi connectivity index (χ3v) is 7.22. The molecule has 0 saturated carbocycles. The Morgan fingerprint density at radius 3 is 2.26 bits per heavy atom. The van der Waals surface area contributed by atoms with E-state index in [1.54, 1.807) is 11.3 Å². The molecule has 2 atom stereocenters. The zero-order valence-corrected chi connectivity index (χ0v) is 20.6. The van der Waals surface area contributed by atoms with Gasteiger partial charge in [-0.3, -0.25) is 14.5 Å². The summed E-state index contributed by atoms with van der Waals surface area (Å²) in [5.74, 6) is -1.20. The number of para-hydroxylation sites is 1. The summed E-state index contributed by atoms with van der Waals surface area (Å²) in [5.41, 5.74) is 3.36. The predicted molar refractivity (Wildman–Crippen MR) is 138 cm³/mol. The number of rotatable bonds is 7. The zero-order valence-electron chi connectivity index (χ0n) is 19.7. The van der Waals surface area contributed by atoms with Crippen LogP contribution < -0.4 is 15.5 Å². The van der Waals surface area contributed by atoms with Crippen LogP contribution in [0.3, 0.4) is 0 Å². The smallest absolute Gasteiger partial charge is 0.309 e. The van der Waals surface area contributed by atoms with Gasteiger partial charge in [-0.15, -0.1) is 11.3 Å². The number of nitrogens with one attached hydrogen (secondary N) is 2. The van der Waals surface area contributed by atoms with Crippen LogP contribution in [0.15, 0.2) is 72.1 Å². The van der Waals surface area contributed by atoms with Crippen molar-refractivity contribution in [3.05, 3.63) is 88.1 Å². The number of hydrogen-bond acceptors (Lipinski definition) is 5. The third-order valence-electron chi connectivity index (χ3n) is 6.28. The van der Waals surface area contributed by atoms with Crippen molar-refractivity contribution < 1.29 is 9.59 Å². The van der Waals surface area contributed by atoms with Crippen LogP contribution in [0.1, 0.15) is 29.0 Å². The molecule has 2 amide bonds. The Hall–Kier alpha value is -3.16. The molecule has 2 N–H and O–H groups in total. The van der Waals surface area contributed by atoms with Crippen LogP contribution in [0.5, 0.6) is 0 Å². The number of thiophene rings is 1. The molecule has 1 saturated heterocycles. The Bertz CT molecular complexity index is 1060. The normalized spacial score (nSPS) is 16.0. The molecule has 0 bridgehead atoms. The Kier molecular flexibility index (Phi) is 7.98. The lowest BCUT2D eigenvalue weighted by Gasteiger charge is -2.42. The first-order chi connectivity index (χ1) is 16.5. The highest BCUT2D eigenvalue weighted by Crippen LogP contribution is 2.30. The van der Waals surface area contributed by atoms with E-state index in [0.717, 1.165) is 37.3 Å². The maximum absolute atomic E-state index is 12.7. The molecular weight excluding hydrogens is 444 g/mol. The molecule has 178 valence electrons. The second kappa shape index (κ2) is 11.3. The number of carbonyl (C=O) groups is 2. The van der Waals surface area contributed by atoms with Crippen molar-refractivity contribution in [2.45, 2.75) is 32.5 Å². The summed E-state index contributed by atoms with van der Waals surface area (Å²) in [6.45, 7) is 7.94. The number of anilines is 1. The maximum atomic E-state index is 12.7. The molecule has 3 aromatic rings. The van der Waals surface area contributed by atoms with Gasteiger partial charge in [0.05, 0.1) is 6.04 Å². The lowest BCUT2D eigenvalue weighted by atomic mass is 10.0. The van der Waals surface area contributed by atoms with Crippen molar-refractivity contribution in [2.24, 2.45) is 0 Å². The van der Waals surface area contributed by atoms with E-state index in [2.05, 4.69) is 56.1 Å². The van der Waals surface area contributed by atoms with Gasteiger partial charge < -0.3 is 15.5 Å². The number of amides is 2. The number of piperazine rings is 1. The topological polar surface area (TPSA) is 64.7 Å². The average molecular weight is 477 g/mol. The standard InChI is InChI=1S/C27H32N4O2S/c1-20-10-12-22(13-11-20)19-28-26(32)27(33)29-21(2)25(24-9-6-18-34-24)31-16-14-30(15-17-31)23-7-4-3-5-8-23/h3-13,18,21,25H,14-17,19H2,1-2H3,(H,28,32)(H,29,33)/t21-,25+/m0/s1. The highest BCUT2D eigenvalue weighted by molar-refractivity contribution is 7.10. The largest absolute Gasteiger partial charge is 0.369 e. The molecule has 7 heteroatoms.